The molecule has 0 spiro atoms. The summed E-state index contributed by atoms with van der Waals surface area (Å²) in [4.78, 5) is 0. The summed E-state index contributed by atoms with van der Waals surface area (Å²) in [7, 11) is 1.91. The normalized spacial score (nSPS) is 44.7. The number of hydrogen-bond acceptors (Lipinski definition) is 1. The van der Waals surface area contributed by atoms with E-state index in [-0.39, 0.29) is 0 Å². The van der Waals surface area contributed by atoms with Gasteiger partial charge in [-0.15, -0.1) is 0 Å². The Morgan fingerprint density at radius 2 is 1.62 bits per heavy atom. The maximum atomic E-state index is 5.73. The van der Waals surface area contributed by atoms with Gasteiger partial charge in [-0.25, -0.2) is 0 Å². The highest BCUT2D eigenvalue weighted by atomic mass is 16.5. The van der Waals surface area contributed by atoms with E-state index in [1.807, 2.05) is 7.11 Å². The molecule has 0 saturated heterocycles. The molecule has 0 aromatic rings. The molecule has 2 aliphatic carbocycles. The first-order valence-corrected chi connectivity index (χ1v) is 9.61. The van der Waals surface area contributed by atoms with Crippen LogP contribution in [0.3, 0.4) is 0 Å². The van der Waals surface area contributed by atoms with E-state index in [4.69, 9.17) is 4.74 Å². The van der Waals surface area contributed by atoms with Crippen molar-refractivity contribution in [2.45, 2.75) is 85.2 Å². The van der Waals surface area contributed by atoms with Gasteiger partial charge in [-0.3, -0.25) is 0 Å². The van der Waals surface area contributed by atoms with E-state index in [0.717, 1.165) is 35.5 Å². The highest BCUT2D eigenvalue weighted by molar-refractivity contribution is 4.89. The third-order valence-corrected chi connectivity index (χ3v) is 6.68. The molecule has 0 aliphatic heterocycles. The van der Waals surface area contributed by atoms with E-state index >= 15 is 0 Å². The Labute approximate surface area is 133 Å². The molecule has 1 nitrogen and oxygen atoms in total. The lowest BCUT2D eigenvalue weighted by Crippen LogP contribution is -2.38. The predicted molar refractivity (Wildman–Crippen MR) is 91.4 cm³/mol. The summed E-state index contributed by atoms with van der Waals surface area (Å²) < 4.78 is 5.73. The van der Waals surface area contributed by atoms with Crippen molar-refractivity contribution in [2.75, 3.05) is 7.11 Å². The summed E-state index contributed by atoms with van der Waals surface area (Å²) in [6.07, 6.45) is 11.8. The van der Waals surface area contributed by atoms with Gasteiger partial charge in [-0.1, -0.05) is 47.0 Å². The Balaban J connectivity index is 2.02. The van der Waals surface area contributed by atoms with E-state index in [0.29, 0.717) is 6.10 Å². The number of rotatable bonds is 5. The fourth-order valence-electron chi connectivity index (χ4n) is 5.77. The first-order valence-electron chi connectivity index (χ1n) is 9.61. The lowest BCUT2D eigenvalue weighted by Gasteiger charge is -2.46. The van der Waals surface area contributed by atoms with Crippen LogP contribution in [0, 0.1) is 35.5 Å². The van der Waals surface area contributed by atoms with Crippen LogP contribution in [0.25, 0.3) is 0 Å². The van der Waals surface area contributed by atoms with E-state index < -0.39 is 0 Å². The Morgan fingerprint density at radius 1 is 0.905 bits per heavy atom. The average Bonchev–Trinajstić information content (AvgIpc) is 2.46. The van der Waals surface area contributed by atoms with Crippen LogP contribution in [-0.2, 0) is 4.74 Å². The van der Waals surface area contributed by atoms with Gasteiger partial charge < -0.3 is 4.74 Å². The van der Waals surface area contributed by atoms with Crippen LogP contribution in [0.1, 0.15) is 79.1 Å². The SMILES string of the molecule is CCCC1CC(C2CC(C)CC(OC)C2)CC(C)C1CC. The molecule has 7 unspecified atom stereocenters. The molecule has 0 radical (unpaired) electrons. The second kappa shape index (κ2) is 7.99. The summed E-state index contributed by atoms with van der Waals surface area (Å²) in [5, 5.41) is 0. The van der Waals surface area contributed by atoms with Crippen LogP contribution in [0.2, 0.25) is 0 Å². The summed E-state index contributed by atoms with van der Waals surface area (Å²) in [5.41, 5.74) is 0. The molecule has 0 N–H and O–H groups in total. The molecule has 2 fully saturated rings. The van der Waals surface area contributed by atoms with Crippen LogP contribution < -0.4 is 0 Å². The second-order valence-electron chi connectivity index (χ2n) is 8.26. The quantitative estimate of drug-likeness (QED) is 0.611. The van der Waals surface area contributed by atoms with Crippen molar-refractivity contribution >= 4 is 0 Å². The highest BCUT2D eigenvalue weighted by Gasteiger charge is 2.39. The number of methoxy groups -OCH3 is 1. The Morgan fingerprint density at radius 3 is 2.24 bits per heavy atom. The van der Waals surface area contributed by atoms with Gasteiger partial charge in [0.15, 0.2) is 0 Å². The van der Waals surface area contributed by atoms with Gasteiger partial charge in [0.1, 0.15) is 0 Å². The third kappa shape index (κ3) is 4.24. The first-order chi connectivity index (χ1) is 10.1. The molecule has 21 heavy (non-hydrogen) atoms. The van der Waals surface area contributed by atoms with Crippen LogP contribution in [0.5, 0.6) is 0 Å². The zero-order valence-electron chi connectivity index (χ0n) is 15.1. The smallest absolute Gasteiger partial charge is 0.0576 e. The predicted octanol–water partition coefficient (Wildman–Crippen LogP) is 5.93. The van der Waals surface area contributed by atoms with Crippen molar-refractivity contribution in [1.29, 1.82) is 0 Å². The van der Waals surface area contributed by atoms with Crippen molar-refractivity contribution in [3.8, 4) is 0 Å². The molecule has 2 saturated carbocycles. The topological polar surface area (TPSA) is 9.23 Å². The van der Waals surface area contributed by atoms with Gasteiger partial charge in [0.25, 0.3) is 0 Å². The molecular weight excluding hydrogens is 256 g/mol. The lowest BCUT2D eigenvalue weighted by molar-refractivity contribution is -0.00784. The van der Waals surface area contributed by atoms with Crippen LogP contribution in [0.4, 0.5) is 0 Å². The summed E-state index contributed by atoms with van der Waals surface area (Å²) in [6, 6.07) is 0. The minimum Gasteiger partial charge on any atom is -0.381 e. The first kappa shape index (κ1) is 17.3. The average molecular weight is 295 g/mol. The monoisotopic (exact) mass is 294 g/mol. The van der Waals surface area contributed by atoms with Crippen molar-refractivity contribution in [3.05, 3.63) is 0 Å². The fraction of sp³-hybridized carbons (Fsp3) is 1.00. The zero-order valence-corrected chi connectivity index (χ0v) is 15.1. The van der Waals surface area contributed by atoms with E-state index in [1.165, 1.54) is 51.4 Å². The van der Waals surface area contributed by atoms with Gasteiger partial charge in [0.2, 0.25) is 0 Å². The van der Waals surface area contributed by atoms with Crippen LogP contribution >= 0.6 is 0 Å². The van der Waals surface area contributed by atoms with Gasteiger partial charge in [0, 0.05) is 7.11 Å². The molecular formula is C20H38O. The maximum Gasteiger partial charge on any atom is 0.0576 e. The minimum atomic E-state index is 0.530. The molecule has 7 atom stereocenters. The van der Waals surface area contributed by atoms with E-state index in [9.17, 15) is 0 Å². The molecule has 0 aromatic heterocycles. The maximum absolute atomic E-state index is 5.73. The van der Waals surface area contributed by atoms with Crippen LogP contribution in [0.15, 0.2) is 0 Å². The number of hydrogen-bond donors (Lipinski definition) is 0. The summed E-state index contributed by atoms with van der Waals surface area (Å²) in [5.74, 6) is 5.67. The molecule has 0 amide bonds. The van der Waals surface area contributed by atoms with Crippen molar-refractivity contribution in [3.63, 3.8) is 0 Å². The Kier molecular flexibility index (Phi) is 6.59. The summed E-state index contributed by atoms with van der Waals surface area (Å²) >= 11 is 0. The zero-order chi connectivity index (χ0) is 15.4. The van der Waals surface area contributed by atoms with Crippen molar-refractivity contribution in [1.82, 2.24) is 0 Å². The van der Waals surface area contributed by atoms with Gasteiger partial charge in [0.05, 0.1) is 6.10 Å². The molecule has 1 heteroatoms. The molecule has 0 bridgehead atoms. The molecule has 2 aliphatic rings. The Bertz CT molecular complexity index is 300. The fourth-order valence-corrected chi connectivity index (χ4v) is 5.77. The van der Waals surface area contributed by atoms with E-state index in [1.54, 1.807) is 0 Å². The lowest BCUT2D eigenvalue weighted by atomic mass is 9.60. The molecule has 124 valence electrons. The van der Waals surface area contributed by atoms with Gasteiger partial charge in [-0.05, 0) is 67.6 Å². The van der Waals surface area contributed by atoms with Crippen LogP contribution in [-0.4, -0.2) is 13.2 Å². The standard InChI is InChI=1S/C20H38O/c1-6-8-16-12-18(11-15(4)20(16)7-2)17-9-14(3)10-19(13-17)21-5/h14-20H,6-13H2,1-5H3. The molecule has 0 aromatic carbocycles. The minimum absolute atomic E-state index is 0.530. The highest BCUT2D eigenvalue weighted by Crippen LogP contribution is 2.48. The second-order valence-corrected chi connectivity index (χ2v) is 8.26. The van der Waals surface area contributed by atoms with Gasteiger partial charge >= 0.3 is 0 Å². The summed E-state index contributed by atoms with van der Waals surface area (Å²) in [6.45, 7) is 9.74. The number of ether oxygens (including phenoxy) is 1. The van der Waals surface area contributed by atoms with Crippen molar-refractivity contribution in [2.24, 2.45) is 35.5 Å². The van der Waals surface area contributed by atoms with E-state index in [2.05, 4.69) is 27.7 Å². The largest absolute Gasteiger partial charge is 0.381 e. The molecule has 0 heterocycles. The van der Waals surface area contributed by atoms with Gasteiger partial charge in [-0.2, -0.15) is 0 Å². The molecule has 2 rings (SSSR count). The van der Waals surface area contributed by atoms with Crippen molar-refractivity contribution < 1.29 is 4.74 Å². The third-order valence-electron chi connectivity index (χ3n) is 6.68. The Hall–Kier alpha value is -0.0400.